The molecule has 0 radical (unpaired) electrons. The Morgan fingerprint density at radius 1 is 0.893 bits per heavy atom. The summed E-state index contributed by atoms with van der Waals surface area (Å²) in [6.07, 6.45) is 1.86. The van der Waals surface area contributed by atoms with E-state index < -0.39 is 84.8 Å². The minimum absolute atomic E-state index is 0.0144. The lowest BCUT2D eigenvalue weighted by Crippen LogP contribution is -2.57. The number of likely N-dealkylation sites (tertiary alicyclic amines) is 1. The average molecular weight is 794 g/mol. The molecule has 1 fully saturated rings. The molecule has 56 heavy (non-hydrogen) atoms. The van der Waals surface area contributed by atoms with Gasteiger partial charge in [-0.25, -0.2) is 0 Å². The lowest BCUT2D eigenvalue weighted by molar-refractivity contribution is -0.146. The second-order valence-electron chi connectivity index (χ2n) is 15.0. The fourth-order valence-corrected chi connectivity index (χ4v) is 7.04. The minimum Gasteiger partial charge on any atom is -0.391 e. The van der Waals surface area contributed by atoms with E-state index in [9.17, 15) is 43.5 Å². The number of carbonyl (C=O) groups excluding carboxylic acids is 8. The van der Waals surface area contributed by atoms with E-state index in [4.69, 9.17) is 9.47 Å². The first-order valence-corrected chi connectivity index (χ1v) is 19.3. The van der Waals surface area contributed by atoms with Crippen LogP contribution in [0.25, 0.3) is 0 Å². The zero-order valence-corrected chi connectivity index (χ0v) is 34.3. The van der Waals surface area contributed by atoms with Crippen LogP contribution in [0.5, 0.6) is 0 Å². The number of rotatable bonds is 23. The van der Waals surface area contributed by atoms with Gasteiger partial charge in [0.2, 0.25) is 35.4 Å². The van der Waals surface area contributed by atoms with Crippen LogP contribution >= 0.6 is 0 Å². The summed E-state index contributed by atoms with van der Waals surface area (Å²) in [5, 5.41) is 20.3. The summed E-state index contributed by atoms with van der Waals surface area (Å²) < 4.78 is 11.7. The van der Waals surface area contributed by atoms with Crippen molar-refractivity contribution in [2.45, 2.75) is 110 Å². The molecule has 0 aromatic rings. The maximum absolute atomic E-state index is 13.9. The lowest BCUT2D eigenvalue weighted by Gasteiger charge is -2.39. The summed E-state index contributed by atoms with van der Waals surface area (Å²) in [5.41, 5.74) is 0. The Hall–Kier alpha value is -4.42. The molecular formula is C38H63N7O11. The van der Waals surface area contributed by atoms with Gasteiger partial charge < -0.3 is 45.6 Å². The summed E-state index contributed by atoms with van der Waals surface area (Å²) in [7, 11) is 4.73. The van der Waals surface area contributed by atoms with Crippen molar-refractivity contribution in [2.24, 2.45) is 17.8 Å². The van der Waals surface area contributed by atoms with Gasteiger partial charge in [-0.05, 0) is 31.6 Å². The number of nitrogens with zero attached hydrogens (tertiary/aromatic N) is 3. The second-order valence-corrected chi connectivity index (χ2v) is 15.0. The van der Waals surface area contributed by atoms with Crippen LogP contribution in [0.4, 0.5) is 0 Å². The van der Waals surface area contributed by atoms with E-state index in [1.54, 1.807) is 23.8 Å². The van der Waals surface area contributed by atoms with Gasteiger partial charge in [0.1, 0.15) is 12.6 Å². The molecule has 0 saturated carbocycles. The van der Waals surface area contributed by atoms with E-state index in [2.05, 4.69) is 21.3 Å². The van der Waals surface area contributed by atoms with Crippen molar-refractivity contribution in [1.82, 2.24) is 36.0 Å². The van der Waals surface area contributed by atoms with Gasteiger partial charge in [-0.1, -0.05) is 41.0 Å². The van der Waals surface area contributed by atoms with Gasteiger partial charge in [0.15, 0.2) is 0 Å². The molecule has 18 heteroatoms. The van der Waals surface area contributed by atoms with Crippen LogP contribution in [0, 0.1) is 17.8 Å². The van der Waals surface area contributed by atoms with Crippen LogP contribution in [0.1, 0.15) is 73.6 Å². The van der Waals surface area contributed by atoms with Crippen molar-refractivity contribution < 1.29 is 52.9 Å². The topological polar surface area (TPSA) is 233 Å². The first-order valence-electron chi connectivity index (χ1n) is 19.3. The number of nitrogens with one attached hydrogen (secondary N) is 4. The molecule has 0 aliphatic carbocycles. The van der Waals surface area contributed by atoms with Gasteiger partial charge in [0.25, 0.3) is 11.8 Å². The first kappa shape index (κ1) is 47.7. The Kier molecular flexibility index (Phi) is 19.6. The third-order valence-electron chi connectivity index (χ3n) is 10.3. The van der Waals surface area contributed by atoms with Gasteiger partial charge in [-0.15, -0.1) is 0 Å². The molecule has 316 valence electrons. The molecule has 8 atom stereocenters. The summed E-state index contributed by atoms with van der Waals surface area (Å²) in [6, 6.07) is -2.23. The predicted molar refractivity (Wildman–Crippen MR) is 204 cm³/mol. The Morgan fingerprint density at radius 3 is 2.04 bits per heavy atom. The number of aliphatic hydroxyl groups excluding tert-OH is 1. The van der Waals surface area contributed by atoms with Gasteiger partial charge in [-0.3, -0.25) is 43.3 Å². The molecule has 0 bridgehead atoms. The quantitative estimate of drug-likeness (QED) is 0.0628. The molecule has 2 heterocycles. The monoisotopic (exact) mass is 793 g/mol. The van der Waals surface area contributed by atoms with Crippen LogP contribution < -0.4 is 21.3 Å². The fraction of sp³-hybridized carbons (Fsp3) is 0.737. The molecule has 5 N–H and O–H groups in total. The third-order valence-corrected chi connectivity index (χ3v) is 10.3. The summed E-state index contributed by atoms with van der Waals surface area (Å²) in [4.78, 5) is 105. The van der Waals surface area contributed by atoms with Crippen molar-refractivity contribution in [3.05, 3.63) is 12.2 Å². The zero-order valence-electron chi connectivity index (χ0n) is 34.3. The van der Waals surface area contributed by atoms with E-state index in [0.717, 1.165) is 23.5 Å². The van der Waals surface area contributed by atoms with E-state index in [0.29, 0.717) is 25.8 Å². The Labute approximate surface area is 329 Å². The Balaban J connectivity index is 1.98. The maximum atomic E-state index is 13.9. The highest BCUT2D eigenvalue weighted by Crippen LogP contribution is 2.29. The van der Waals surface area contributed by atoms with Gasteiger partial charge in [0, 0.05) is 59.5 Å². The van der Waals surface area contributed by atoms with Crippen molar-refractivity contribution in [1.29, 1.82) is 0 Å². The van der Waals surface area contributed by atoms with Crippen LogP contribution in [0.2, 0.25) is 0 Å². The highest BCUT2D eigenvalue weighted by molar-refractivity contribution is 6.14. The minimum atomic E-state index is -1.42. The molecule has 8 unspecified atom stereocenters. The predicted octanol–water partition coefficient (Wildman–Crippen LogP) is -0.908. The number of methoxy groups -OCH3 is 2. The number of carbonyl (C=O) groups is 8. The first-order chi connectivity index (χ1) is 26.4. The number of likely N-dealkylation sites (N-methyl/N-ethyl adjacent to an activating group) is 1. The number of hydrogen-bond donors (Lipinski definition) is 5. The normalized spacial score (nSPS) is 19.2. The SMILES string of the molecule is CCC(C)C(C(CC(=O)N1CCCC1C(OC)C(C)C(=O)NC(C(=O)NCC(=O)NCCNC(=O)CN1C(=O)C=CC1=O)C(C)O)OC)N(C)C(=O)CC(C)C. The van der Waals surface area contributed by atoms with E-state index >= 15 is 0 Å². The number of imide groups is 1. The Bertz CT molecular complexity index is 1420. The second kappa shape index (κ2) is 23.0. The lowest BCUT2D eigenvalue weighted by atomic mass is 9.90. The maximum Gasteiger partial charge on any atom is 0.254 e. The average Bonchev–Trinajstić information content (AvgIpc) is 3.76. The Morgan fingerprint density at radius 2 is 1.50 bits per heavy atom. The highest BCUT2D eigenvalue weighted by atomic mass is 16.5. The number of ether oxygens (including phenoxy) is 2. The van der Waals surface area contributed by atoms with Crippen molar-refractivity contribution in [3.8, 4) is 0 Å². The molecule has 1 saturated heterocycles. The molecule has 0 spiro atoms. The fourth-order valence-electron chi connectivity index (χ4n) is 7.04. The summed E-state index contributed by atoms with van der Waals surface area (Å²) >= 11 is 0. The zero-order chi connectivity index (χ0) is 42.3. The van der Waals surface area contributed by atoms with Crippen molar-refractivity contribution in [2.75, 3.05) is 54.0 Å². The smallest absolute Gasteiger partial charge is 0.254 e. The number of amides is 8. The van der Waals surface area contributed by atoms with Gasteiger partial charge in [-0.2, -0.15) is 0 Å². The number of hydrogen-bond acceptors (Lipinski definition) is 11. The molecule has 8 amide bonds. The third kappa shape index (κ3) is 13.7. The van der Waals surface area contributed by atoms with E-state index in [1.807, 2.05) is 27.7 Å². The molecule has 0 aromatic heterocycles. The van der Waals surface area contributed by atoms with E-state index in [1.165, 1.54) is 21.1 Å². The molecular weight excluding hydrogens is 730 g/mol. The van der Waals surface area contributed by atoms with Crippen molar-refractivity contribution >= 4 is 47.3 Å². The van der Waals surface area contributed by atoms with E-state index in [-0.39, 0.29) is 49.2 Å². The molecule has 18 nitrogen and oxygen atoms in total. The largest absolute Gasteiger partial charge is 0.391 e. The molecule has 2 rings (SSSR count). The van der Waals surface area contributed by atoms with Gasteiger partial charge in [0.05, 0.1) is 49.3 Å². The summed E-state index contributed by atoms with van der Waals surface area (Å²) in [6.45, 7) is 10.4. The van der Waals surface area contributed by atoms with Gasteiger partial charge >= 0.3 is 0 Å². The molecule has 0 aromatic carbocycles. The van der Waals surface area contributed by atoms with Crippen LogP contribution in [0.3, 0.4) is 0 Å². The highest BCUT2D eigenvalue weighted by Gasteiger charge is 2.42. The van der Waals surface area contributed by atoms with Crippen LogP contribution in [0.15, 0.2) is 12.2 Å². The van der Waals surface area contributed by atoms with Crippen LogP contribution in [-0.2, 0) is 47.8 Å². The van der Waals surface area contributed by atoms with Crippen LogP contribution in [-0.4, -0.2) is 157 Å². The standard InChI is InChI=1S/C38H63N7O11/c1-10-23(4)35(43(7)32(51)18-22(2)3)27(55-8)19-33(52)44-17-11-12-26(44)36(56-9)24(5)37(53)42-34(25(6)46)38(54)41-20-28(47)39-15-16-40-29(48)21-45-30(49)13-14-31(45)50/h13-14,22-27,34-36,46H,10-12,15-21H2,1-9H3,(H,39,47)(H,40,48)(H,41,54)(H,42,53). The molecule has 2 aliphatic heterocycles. The molecule has 2 aliphatic rings. The number of aliphatic hydroxyl groups is 1. The van der Waals surface area contributed by atoms with Crippen molar-refractivity contribution in [3.63, 3.8) is 0 Å². The summed E-state index contributed by atoms with van der Waals surface area (Å²) in [5.74, 6) is -4.68.